The van der Waals surface area contributed by atoms with E-state index >= 15 is 0 Å². The number of benzene rings is 1. The molecule has 9 nitrogen and oxygen atoms in total. The second-order valence-corrected chi connectivity index (χ2v) is 9.62. The summed E-state index contributed by atoms with van der Waals surface area (Å²) in [7, 11) is 0. The Balaban J connectivity index is 1.67. The number of amides is 2. The van der Waals surface area contributed by atoms with Gasteiger partial charge in [0.05, 0.1) is 40.9 Å². The second-order valence-electron chi connectivity index (χ2n) is 8.05. The first kappa shape index (κ1) is 27.7. The van der Waals surface area contributed by atoms with Gasteiger partial charge < -0.3 is 26.2 Å². The van der Waals surface area contributed by atoms with E-state index in [2.05, 4.69) is 32.5 Å². The van der Waals surface area contributed by atoms with E-state index in [-0.39, 0.29) is 35.7 Å². The van der Waals surface area contributed by atoms with E-state index < -0.39 is 40.3 Å². The number of rotatable bonds is 9. The minimum absolute atomic E-state index is 0.00149. The number of nitrogens with zero attached hydrogens (tertiary/aromatic N) is 2. The number of para-hydroxylation sites is 1. The van der Waals surface area contributed by atoms with Crippen molar-refractivity contribution in [1.29, 1.82) is 0 Å². The predicted molar refractivity (Wildman–Crippen MR) is 135 cm³/mol. The summed E-state index contributed by atoms with van der Waals surface area (Å²) in [4.78, 5) is 33.7. The van der Waals surface area contributed by atoms with Crippen LogP contribution in [0, 0.1) is 0 Å². The number of aliphatic imine (C=N–C) groups is 1. The van der Waals surface area contributed by atoms with Crippen LogP contribution in [0.25, 0.3) is 0 Å². The molecule has 1 aliphatic heterocycles. The topological polar surface area (TPSA) is 145 Å². The van der Waals surface area contributed by atoms with Gasteiger partial charge in [-0.2, -0.15) is 13.2 Å². The number of halogens is 3. The predicted octanol–water partition coefficient (Wildman–Crippen LogP) is 2.52. The van der Waals surface area contributed by atoms with Crippen LogP contribution in [-0.4, -0.2) is 44.6 Å². The van der Waals surface area contributed by atoms with Crippen molar-refractivity contribution in [2.75, 3.05) is 16.8 Å². The highest BCUT2D eigenvalue weighted by Crippen LogP contribution is 2.35. The molecule has 2 amide bonds. The third-order valence-electron chi connectivity index (χ3n) is 5.48. The zero-order chi connectivity index (χ0) is 27.1. The normalized spacial score (nSPS) is 20.0. The Morgan fingerprint density at radius 3 is 2.62 bits per heavy atom. The number of hydrogen-bond acceptors (Lipinski definition) is 7. The number of anilines is 2. The van der Waals surface area contributed by atoms with E-state index in [1.54, 1.807) is 0 Å². The average molecular weight is 535 g/mol. The van der Waals surface area contributed by atoms with Gasteiger partial charge in [0, 0.05) is 25.0 Å². The summed E-state index contributed by atoms with van der Waals surface area (Å²) < 4.78 is 51.8. The number of hydrogen-bond donors (Lipinski definition) is 4. The smallest absolute Gasteiger partial charge is 0.418 e. The average Bonchev–Trinajstić information content (AvgIpc) is 3.24. The fourth-order valence-corrected chi connectivity index (χ4v) is 5.20. The molecule has 2 unspecified atom stereocenters. The summed E-state index contributed by atoms with van der Waals surface area (Å²) in [6.07, 6.45) is 0.415. The highest BCUT2D eigenvalue weighted by molar-refractivity contribution is 7.91. The van der Waals surface area contributed by atoms with Crippen molar-refractivity contribution in [3.63, 3.8) is 0 Å². The van der Waals surface area contributed by atoms with Crippen molar-refractivity contribution in [3.05, 3.63) is 78.4 Å². The maximum Gasteiger partial charge on any atom is 0.418 e. The van der Waals surface area contributed by atoms with Crippen LogP contribution in [0.4, 0.5) is 24.5 Å². The maximum absolute atomic E-state index is 13.2. The number of nitrogens with two attached hydrogens (primary N) is 1. The molecule has 5 N–H and O–H groups in total. The monoisotopic (exact) mass is 534 g/mol. The molecular weight excluding hydrogens is 509 g/mol. The van der Waals surface area contributed by atoms with Gasteiger partial charge >= 0.3 is 6.18 Å². The van der Waals surface area contributed by atoms with Crippen molar-refractivity contribution in [1.82, 2.24) is 15.6 Å². The van der Waals surface area contributed by atoms with Crippen LogP contribution in [0.15, 0.2) is 72.1 Å². The molecule has 0 radical (unpaired) electrons. The molecule has 1 aromatic carbocycles. The molecule has 196 valence electrons. The first-order valence-electron chi connectivity index (χ1n) is 11.0. The summed E-state index contributed by atoms with van der Waals surface area (Å²) >= 11 is -1.31. The van der Waals surface area contributed by atoms with E-state index in [4.69, 9.17) is 5.73 Å². The summed E-state index contributed by atoms with van der Waals surface area (Å²) in [5, 5.41) is 8.01. The molecule has 1 fully saturated rings. The first-order chi connectivity index (χ1) is 17.6. The lowest BCUT2D eigenvalue weighted by Gasteiger charge is -2.26. The number of aromatic nitrogens is 1. The Morgan fingerprint density at radius 1 is 1.27 bits per heavy atom. The molecular formula is C24H25F3N6O3S. The van der Waals surface area contributed by atoms with Crippen LogP contribution < -0.4 is 21.7 Å². The highest BCUT2D eigenvalue weighted by Gasteiger charge is 2.49. The molecule has 2 aromatic rings. The number of alkyl halides is 3. The van der Waals surface area contributed by atoms with E-state index in [0.717, 1.165) is 12.3 Å². The standard InChI is InChI=1S/C24H25F3N6O3S/c1-2-29-12-16(11-28)21(34)33-23(9-10-37(36)15-23)22(35)31-13-17-7-8-18(14-30-17)32-20-6-4-3-5-19(20)24(25,26)27/h2-8,11-12,14,32H,1,9-10,13,15,28H2,(H,31,35)(H,33,34)/b16-11+,29-12-. The molecule has 1 saturated heterocycles. The zero-order valence-corrected chi connectivity index (χ0v) is 20.4. The van der Waals surface area contributed by atoms with Gasteiger partial charge in [-0.05, 0) is 24.3 Å². The minimum Gasteiger partial charge on any atom is -0.616 e. The van der Waals surface area contributed by atoms with Crippen LogP contribution in [-0.2, 0) is 33.5 Å². The maximum atomic E-state index is 13.2. The summed E-state index contributed by atoms with van der Waals surface area (Å²) in [6, 6.07) is 8.14. The number of nitrogens with one attached hydrogen (secondary N) is 3. The SMILES string of the molecule is C=C/N=C\C(=C/N)C(=O)NC1(C(=O)NCc2ccc(Nc3ccccc3C(F)(F)F)cn2)CC[S+]([O-])C1. The molecule has 0 bridgehead atoms. The fourth-order valence-electron chi connectivity index (χ4n) is 3.58. The quantitative estimate of drug-likeness (QED) is 0.221. The summed E-state index contributed by atoms with van der Waals surface area (Å²) in [6.45, 7) is 3.39. The Hall–Kier alpha value is -3.84. The lowest BCUT2D eigenvalue weighted by molar-refractivity contribution is -0.137. The lowest BCUT2D eigenvalue weighted by Crippen LogP contribution is -2.60. The molecule has 0 aliphatic carbocycles. The van der Waals surface area contributed by atoms with Crippen molar-refractivity contribution in [2.24, 2.45) is 10.7 Å². The summed E-state index contributed by atoms with van der Waals surface area (Å²) in [5.41, 5.74) is 3.89. The van der Waals surface area contributed by atoms with Crippen molar-refractivity contribution >= 4 is 40.6 Å². The van der Waals surface area contributed by atoms with Crippen molar-refractivity contribution in [3.8, 4) is 0 Å². The third-order valence-corrected chi connectivity index (χ3v) is 6.95. The van der Waals surface area contributed by atoms with E-state index in [1.165, 1.54) is 48.9 Å². The Morgan fingerprint density at radius 2 is 2.03 bits per heavy atom. The third kappa shape index (κ3) is 7.11. The van der Waals surface area contributed by atoms with Gasteiger partial charge in [0.2, 0.25) is 0 Å². The molecule has 0 saturated carbocycles. The fraction of sp³-hybridized carbons (Fsp3) is 0.250. The molecule has 2 atom stereocenters. The summed E-state index contributed by atoms with van der Waals surface area (Å²) in [5.74, 6) is -1.05. The van der Waals surface area contributed by atoms with Gasteiger partial charge in [0.1, 0.15) is 11.5 Å². The van der Waals surface area contributed by atoms with Gasteiger partial charge in [-0.1, -0.05) is 29.9 Å². The van der Waals surface area contributed by atoms with Crippen molar-refractivity contribution in [2.45, 2.75) is 24.7 Å². The zero-order valence-electron chi connectivity index (χ0n) is 19.5. The first-order valence-corrected chi connectivity index (χ1v) is 12.5. The molecule has 0 spiro atoms. The highest BCUT2D eigenvalue weighted by atomic mass is 32.2. The van der Waals surface area contributed by atoms with E-state index in [0.29, 0.717) is 11.4 Å². The van der Waals surface area contributed by atoms with Crippen LogP contribution in [0.5, 0.6) is 0 Å². The Bertz CT molecular complexity index is 1200. The molecule has 1 aromatic heterocycles. The van der Waals surface area contributed by atoms with Crippen LogP contribution in [0.1, 0.15) is 17.7 Å². The van der Waals surface area contributed by atoms with Crippen molar-refractivity contribution < 1.29 is 27.3 Å². The minimum atomic E-state index is -4.52. The number of pyridine rings is 1. The van der Waals surface area contributed by atoms with E-state index in [9.17, 15) is 27.3 Å². The van der Waals surface area contributed by atoms with Crippen LogP contribution in [0.2, 0.25) is 0 Å². The molecule has 37 heavy (non-hydrogen) atoms. The van der Waals surface area contributed by atoms with Gasteiger partial charge in [-0.25, -0.2) is 0 Å². The van der Waals surface area contributed by atoms with Crippen LogP contribution >= 0.6 is 0 Å². The lowest BCUT2D eigenvalue weighted by atomic mass is 9.96. The molecule has 1 aliphatic rings. The number of carbonyl (C=O) groups excluding carboxylic acids is 2. The van der Waals surface area contributed by atoms with Gasteiger partial charge in [0.25, 0.3) is 11.8 Å². The van der Waals surface area contributed by atoms with Gasteiger partial charge in [-0.3, -0.25) is 19.6 Å². The number of carbonyl (C=O) groups is 2. The Labute approximate surface area is 214 Å². The largest absolute Gasteiger partial charge is 0.616 e. The molecule has 3 rings (SSSR count). The van der Waals surface area contributed by atoms with Gasteiger partial charge in [0.15, 0.2) is 5.54 Å². The molecule has 2 heterocycles. The van der Waals surface area contributed by atoms with E-state index in [1.807, 2.05) is 0 Å². The Kier molecular flexibility index (Phi) is 8.95. The second kappa shape index (κ2) is 11.9. The molecule has 13 heteroatoms. The van der Waals surface area contributed by atoms with Gasteiger partial charge in [-0.15, -0.1) is 0 Å². The van der Waals surface area contributed by atoms with Crippen LogP contribution in [0.3, 0.4) is 0 Å².